The fraction of sp³-hybridized carbons (Fsp3) is 0.154. The van der Waals surface area contributed by atoms with Crippen LogP contribution in [0.2, 0.25) is 0 Å². The second kappa shape index (κ2) is 5.18. The normalized spacial score (nSPS) is 10.3. The fourth-order valence-corrected chi connectivity index (χ4v) is 2.42. The summed E-state index contributed by atoms with van der Waals surface area (Å²) < 4.78 is 13.1. The molecule has 0 aliphatic rings. The first kappa shape index (κ1) is 12.6. The van der Waals surface area contributed by atoms with Crippen molar-refractivity contribution in [3.05, 3.63) is 51.5 Å². The second-order valence-corrected chi connectivity index (χ2v) is 4.74. The van der Waals surface area contributed by atoms with Gasteiger partial charge in [0.1, 0.15) is 5.82 Å². The molecular weight excluding hydrogens is 251 g/mol. The SMILES string of the molecule is Cc1cscc1CNC(=O)c1cc(F)ccc1N. The maximum atomic E-state index is 13.1. The molecule has 0 radical (unpaired) electrons. The van der Waals surface area contributed by atoms with E-state index >= 15 is 0 Å². The summed E-state index contributed by atoms with van der Waals surface area (Å²) in [5.74, 6) is -0.835. The molecule has 2 aromatic rings. The van der Waals surface area contributed by atoms with Gasteiger partial charge >= 0.3 is 0 Å². The molecule has 3 N–H and O–H groups in total. The molecule has 0 saturated heterocycles. The molecule has 1 heterocycles. The van der Waals surface area contributed by atoms with Gasteiger partial charge in [-0.25, -0.2) is 4.39 Å². The summed E-state index contributed by atoms with van der Waals surface area (Å²) in [5, 5.41) is 6.72. The molecule has 1 amide bonds. The van der Waals surface area contributed by atoms with Gasteiger partial charge in [-0.1, -0.05) is 0 Å². The van der Waals surface area contributed by atoms with Crippen molar-refractivity contribution in [2.24, 2.45) is 0 Å². The van der Waals surface area contributed by atoms with E-state index in [-0.39, 0.29) is 17.2 Å². The molecule has 0 aliphatic carbocycles. The van der Waals surface area contributed by atoms with E-state index in [1.54, 1.807) is 11.3 Å². The number of aryl methyl sites for hydroxylation is 1. The number of rotatable bonds is 3. The number of anilines is 1. The molecule has 0 aliphatic heterocycles. The maximum absolute atomic E-state index is 13.1. The highest BCUT2D eigenvalue weighted by atomic mass is 32.1. The van der Waals surface area contributed by atoms with Crippen LogP contribution in [0.4, 0.5) is 10.1 Å². The first-order chi connectivity index (χ1) is 8.58. The molecule has 0 spiro atoms. The highest BCUT2D eigenvalue weighted by Crippen LogP contribution is 2.15. The molecule has 18 heavy (non-hydrogen) atoms. The van der Waals surface area contributed by atoms with Crippen LogP contribution in [0.1, 0.15) is 21.5 Å². The molecule has 0 atom stereocenters. The zero-order chi connectivity index (χ0) is 13.1. The third-order valence-corrected chi connectivity index (χ3v) is 3.57. The Morgan fingerprint density at radius 2 is 2.22 bits per heavy atom. The lowest BCUT2D eigenvalue weighted by Gasteiger charge is -2.07. The Labute approximate surface area is 108 Å². The fourth-order valence-electron chi connectivity index (χ4n) is 1.56. The molecule has 1 aromatic heterocycles. The lowest BCUT2D eigenvalue weighted by molar-refractivity contribution is 0.0951. The van der Waals surface area contributed by atoms with Crippen molar-refractivity contribution in [1.82, 2.24) is 5.32 Å². The number of nitrogen functional groups attached to an aromatic ring is 1. The number of carbonyl (C=O) groups excluding carboxylic acids is 1. The number of carbonyl (C=O) groups is 1. The van der Waals surface area contributed by atoms with Crippen LogP contribution >= 0.6 is 11.3 Å². The minimum atomic E-state index is -0.471. The Morgan fingerprint density at radius 3 is 2.89 bits per heavy atom. The van der Waals surface area contributed by atoms with Crippen molar-refractivity contribution in [1.29, 1.82) is 0 Å². The lowest BCUT2D eigenvalue weighted by Crippen LogP contribution is -2.24. The van der Waals surface area contributed by atoms with Crippen molar-refractivity contribution < 1.29 is 9.18 Å². The lowest BCUT2D eigenvalue weighted by atomic mass is 10.1. The summed E-state index contributed by atoms with van der Waals surface area (Å²) in [6.45, 7) is 2.40. The van der Waals surface area contributed by atoms with Gasteiger partial charge in [-0.3, -0.25) is 4.79 Å². The number of nitrogens with one attached hydrogen (secondary N) is 1. The highest BCUT2D eigenvalue weighted by molar-refractivity contribution is 7.08. The number of nitrogens with two attached hydrogens (primary N) is 1. The number of hydrogen-bond acceptors (Lipinski definition) is 3. The Kier molecular flexibility index (Phi) is 3.62. The smallest absolute Gasteiger partial charge is 0.253 e. The van der Waals surface area contributed by atoms with Gasteiger partial charge < -0.3 is 11.1 Å². The van der Waals surface area contributed by atoms with Crippen molar-refractivity contribution >= 4 is 22.9 Å². The van der Waals surface area contributed by atoms with Crippen LogP contribution in [0, 0.1) is 12.7 Å². The van der Waals surface area contributed by atoms with Gasteiger partial charge in [0.15, 0.2) is 0 Å². The topological polar surface area (TPSA) is 55.1 Å². The molecule has 0 saturated carbocycles. The molecule has 1 aromatic carbocycles. The predicted octanol–water partition coefficient (Wildman–Crippen LogP) is 2.71. The molecule has 5 heteroatoms. The molecule has 0 unspecified atom stereocenters. The predicted molar refractivity (Wildman–Crippen MR) is 71.0 cm³/mol. The van der Waals surface area contributed by atoms with Crippen molar-refractivity contribution in [2.75, 3.05) is 5.73 Å². The minimum absolute atomic E-state index is 0.169. The van der Waals surface area contributed by atoms with Crippen LogP contribution in [0.5, 0.6) is 0 Å². The Morgan fingerprint density at radius 1 is 1.44 bits per heavy atom. The van der Waals surface area contributed by atoms with E-state index in [1.807, 2.05) is 17.7 Å². The monoisotopic (exact) mass is 264 g/mol. The van der Waals surface area contributed by atoms with Crippen molar-refractivity contribution in [3.8, 4) is 0 Å². The number of amides is 1. The molecular formula is C13H13FN2OS. The van der Waals surface area contributed by atoms with Crippen LogP contribution in [0.25, 0.3) is 0 Å². The average Bonchev–Trinajstić information content (AvgIpc) is 2.75. The van der Waals surface area contributed by atoms with Crippen LogP contribution in [-0.4, -0.2) is 5.91 Å². The first-order valence-corrected chi connectivity index (χ1v) is 6.37. The van der Waals surface area contributed by atoms with Crippen molar-refractivity contribution in [2.45, 2.75) is 13.5 Å². The van der Waals surface area contributed by atoms with Crippen LogP contribution < -0.4 is 11.1 Å². The van der Waals surface area contributed by atoms with E-state index in [1.165, 1.54) is 12.1 Å². The number of hydrogen-bond donors (Lipinski definition) is 2. The Hall–Kier alpha value is -1.88. The maximum Gasteiger partial charge on any atom is 0.253 e. The summed E-state index contributed by atoms with van der Waals surface area (Å²) in [6.07, 6.45) is 0. The number of thiophene rings is 1. The summed E-state index contributed by atoms with van der Waals surface area (Å²) in [6, 6.07) is 3.76. The van der Waals surface area contributed by atoms with E-state index < -0.39 is 5.82 Å². The Bertz CT molecular complexity index is 580. The minimum Gasteiger partial charge on any atom is -0.398 e. The van der Waals surface area contributed by atoms with Gasteiger partial charge in [0.05, 0.1) is 5.56 Å². The molecule has 94 valence electrons. The zero-order valence-electron chi connectivity index (χ0n) is 9.87. The van der Waals surface area contributed by atoms with E-state index in [0.717, 1.165) is 17.2 Å². The van der Waals surface area contributed by atoms with Gasteiger partial charge in [0.2, 0.25) is 0 Å². The standard InChI is InChI=1S/C13H13FN2OS/c1-8-6-18-7-9(8)5-16-13(17)11-4-10(14)2-3-12(11)15/h2-4,6-7H,5,15H2,1H3,(H,16,17). The van der Waals surface area contributed by atoms with Gasteiger partial charge in [0.25, 0.3) is 5.91 Å². The quantitative estimate of drug-likeness (QED) is 0.837. The highest BCUT2D eigenvalue weighted by Gasteiger charge is 2.11. The molecule has 2 rings (SSSR count). The summed E-state index contributed by atoms with van der Waals surface area (Å²) in [4.78, 5) is 11.9. The summed E-state index contributed by atoms with van der Waals surface area (Å²) in [5.41, 5.74) is 8.28. The molecule has 3 nitrogen and oxygen atoms in total. The first-order valence-electron chi connectivity index (χ1n) is 5.43. The van der Waals surface area contributed by atoms with Crippen LogP contribution in [-0.2, 0) is 6.54 Å². The largest absolute Gasteiger partial charge is 0.398 e. The number of halogens is 1. The van der Waals surface area contributed by atoms with E-state index in [0.29, 0.717) is 6.54 Å². The van der Waals surface area contributed by atoms with E-state index in [4.69, 9.17) is 5.73 Å². The number of benzene rings is 1. The average molecular weight is 264 g/mol. The second-order valence-electron chi connectivity index (χ2n) is 3.99. The van der Waals surface area contributed by atoms with Gasteiger partial charge in [-0.05, 0) is 47.0 Å². The van der Waals surface area contributed by atoms with E-state index in [9.17, 15) is 9.18 Å². The summed E-state index contributed by atoms with van der Waals surface area (Å²) >= 11 is 1.58. The van der Waals surface area contributed by atoms with Gasteiger partial charge in [-0.15, -0.1) is 0 Å². The van der Waals surface area contributed by atoms with Gasteiger partial charge in [0, 0.05) is 12.2 Å². The van der Waals surface area contributed by atoms with Gasteiger partial charge in [-0.2, -0.15) is 11.3 Å². The van der Waals surface area contributed by atoms with Crippen LogP contribution in [0.3, 0.4) is 0 Å². The zero-order valence-corrected chi connectivity index (χ0v) is 10.7. The Balaban J connectivity index is 2.08. The molecule has 0 fully saturated rings. The van der Waals surface area contributed by atoms with Crippen LogP contribution in [0.15, 0.2) is 29.0 Å². The molecule has 0 bridgehead atoms. The third-order valence-electron chi connectivity index (χ3n) is 2.66. The van der Waals surface area contributed by atoms with Crippen molar-refractivity contribution in [3.63, 3.8) is 0 Å². The van der Waals surface area contributed by atoms with E-state index in [2.05, 4.69) is 5.32 Å². The third kappa shape index (κ3) is 2.68. The summed E-state index contributed by atoms with van der Waals surface area (Å²) in [7, 11) is 0.